The minimum Gasteiger partial charge on any atom is -0.497 e. The summed E-state index contributed by atoms with van der Waals surface area (Å²) in [6, 6.07) is 5.74. The average Bonchev–Trinajstić information content (AvgIpc) is 2.86. The SMILES string of the molecule is COc1ccc([C@@H]2[C@@H](N)C2(C)C)c(NC(=O)OC(C)(C)C)c1. The van der Waals surface area contributed by atoms with Gasteiger partial charge in [0.05, 0.1) is 12.8 Å². The molecule has 5 nitrogen and oxygen atoms in total. The van der Waals surface area contributed by atoms with E-state index in [2.05, 4.69) is 19.2 Å². The molecule has 1 aliphatic rings. The largest absolute Gasteiger partial charge is 0.497 e. The smallest absolute Gasteiger partial charge is 0.412 e. The number of rotatable bonds is 3. The molecule has 0 spiro atoms. The summed E-state index contributed by atoms with van der Waals surface area (Å²) in [6.07, 6.45) is -0.478. The molecule has 0 aromatic heterocycles. The summed E-state index contributed by atoms with van der Waals surface area (Å²) in [5, 5.41) is 2.82. The monoisotopic (exact) mass is 306 g/mol. The topological polar surface area (TPSA) is 73.6 Å². The maximum absolute atomic E-state index is 12.1. The van der Waals surface area contributed by atoms with Crippen LogP contribution >= 0.6 is 0 Å². The van der Waals surface area contributed by atoms with E-state index in [-0.39, 0.29) is 17.4 Å². The first-order valence-corrected chi connectivity index (χ1v) is 7.50. The van der Waals surface area contributed by atoms with Gasteiger partial charge in [-0.3, -0.25) is 5.32 Å². The van der Waals surface area contributed by atoms with E-state index in [0.717, 1.165) is 5.56 Å². The van der Waals surface area contributed by atoms with Crippen LogP contribution in [0.5, 0.6) is 5.75 Å². The Kier molecular flexibility index (Phi) is 4.13. The lowest BCUT2D eigenvalue weighted by Gasteiger charge is -2.21. The van der Waals surface area contributed by atoms with Crippen LogP contribution in [0.25, 0.3) is 0 Å². The highest BCUT2D eigenvalue weighted by molar-refractivity contribution is 5.86. The van der Waals surface area contributed by atoms with Crippen molar-refractivity contribution in [2.75, 3.05) is 12.4 Å². The normalized spacial score (nSPS) is 22.9. The summed E-state index contributed by atoms with van der Waals surface area (Å²) >= 11 is 0. The molecule has 1 saturated carbocycles. The zero-order valence-corrected chi connectivity index (χ0v) is 14.2. The number of methoxy groups -OCH3 is 1. The van der Waals surface area contributed by atoms with Gasteiger partial charge in [0.1, 0.15) is 11.4 Å². The number of amides is 1. The highest BCUT2D eigenvalue weighted by atomic mass is 16.6. The quantitative estimate of drug-likeness (QED) is 0.896. The number of hydrogen-bond donors (Lipinski definition) is 2. The van der Waals surface area contributed by atoms with E-state index in [1.165, 1.54) is 0 Å². The van der Waals surface area contributed by atoms with Crippen LogP contribution in [-0.2, 0) is 4.74 Å². The van der Waals surface area contributed by atoms with Gasteiger partial charge in [0.15, 0.2) is 0 Å². The maximum Gasteiger partial charge on any atom is 0.412 e. The maximum atomic E-state index is 12.1. The van der Waals surface area contributed by atoms with Gasteiger partial charge in [-0.05, 0) is 37.8 Å². The summed E-state index contributed by atoms with van der Waals surface area (Å²) in [7, 11) is 1.60. The fourth-order valence-corrected chi connectivity index (χ4v) is 2.73. The van der Waals surface area contributed by atoms with E-state index in [1.54, 1.807) is 13.2 Å². The summed E-state index contributed by atoms with van der Waals surface area (Å²) in [4.78, 5) is 12.1. The van der Waals surface area contributed by atoms with E-state index in [1.807, 2.05) is 32.9 Å². The van der Waals surface area contributed by atoms with Gasteiger partial charge >= 0.3 is 6.09 Å². The Bertz CT molecular complexity index is 576. The minimum atomic E-state index is -0.543. The van der Waals surface area contributed by atoms with Crippen molar-refractivity contribution < 1.29 is 14.3 Å². The summed E-state index contributed by atoms with van der Waals surface area (Å²) in [5.41, 5.74) is 7.37. The zero-order chi connectivity index (χ0) is 16.7. The second kappa shape index (κ2) is 5.47. The summed E-state index contributed by atoms with van der Waals surface area (Å²) < 4.78 is 10.6. The van der Waals surface area contributed by atoms with Crippen LogP contribution in [-0.4, -0.2) is 24.8 Å². The lowest BCUT2D eigenvalue weighted by Crippen LogP contribution is -2.27. The van der Waals surface area contributed by atoms with Crippen molar-refractivity contribution in [3.8, 4) is 5.75 Å². The Morgan fingerprint density at radius 3 is 2.36 bits per heavy atom. The molecule has 0 bridgehead atoms. The molecule has 2 atom stereocenters. The predicted octanol–water partition coefficient (Wildman–Crippen LogP) is 3.49. The van der Waals surface area contributed by atoms with Crippen LogP contribution in [0.1, 0.15) is 46.1 Å². The molecule has 122 valence electrons. The lowest BCUT2D eigenvalue weighted by molar-refractivity contribution is 0.0635. The van der Waals surface area contributed by atoms with Crippen molar-refractivity contribution in [2.45, 2.75) is 52.2 Å². The van der Waals surface area contributed by atoms with Crippen LogP contribution < -0.4 is 15.8 Å². The number of carbonyl (C=O) groups excluding carboxylic acids is 1. The molecule has 0 heterocycles. The number of nitrogens with one attached hydrogen (secondary N) is 1. The highest BCUT2D eigenvalue weighted by Gasteiger charge is 2.56. The summed E-state index contributed by atoms with van der Waals surface area (Å²) in [5.74, 6) is 0.894. The predicted molar refractivity (Wildman–Crippen MR) is 87.3 cm³/mol. The fourth-order valence-electron chi connectivity index (χ4n) is 2.73. The van der Waals surface area contributed by atoms with E-state index in [4.69, 9.17) is 15.2 Å². The van der Waals surface area contributed by atoms with E-state index < -0.39 is 11.7 Å². The van der Waals surface area contributed by atoms with E-state index >= 15 is 0 Å². The number of anilines is 1. The molecule has 2 rings (SSSR count). The Morgan fingerprint density at radius 1 is 1.32 bits per heavy atom. The summed E-state index contributed by atoms with van der Waals surface area (Å²) in [6.45, 7) is 9.75. The van der Waals surface area contributed by atoms with Gasteiger partial charge < -0.3 is 15.2 Å². The molecule has 0 aliphatic heterocycles. The molecule has 1 aliphatic carbocycles. The van der Waals surface area contributed by atoms with E-state index in [0.29, 0.717) is 11.4 Å². The fraction of sp³-hybridized carbons (Fsp3) is 0.588. The molecular formula is C17H26N2O3. The van der Waals surface area contributed by atoms with Crippen molar-refractivity contribution in [3.63, 3.8) is 0 Å². The minimum absolute atomic E-state index is 0.0267. The Morgan fingerprint density at radius 2 is 1.91 bits per heavy atom. The van der Waals surface area contributed by atoms with Crippen LogP contribution in [0.3, 0.4) is 0 Å². The molecular weight excluding hydrogens is 280 g/mol. The Labute approximate surface area is 132 Å². The molecule has 0 saturated heterocycles. The standard InChI is InChI=1S/C17H26N2O3/c1-16(2,3)22-15(20)19-12-9-10(21-6)7-8-11(12)13-14(18)17(13,4)5/h7-9,13-14H,18H2,1-6H3,(H,19,20)/t13-,14-/m1/s1. The first-order chi connectivity index (χ1) is 10.1. The van der Waals surface area contributed by atoms with Gasteiger partial charge in [0.2, 0.25) is 0 Å². The molecule has 1 aromatic rings. The van der Waals surface area contributed by atoms with Crippen LogP contribution in [0.15, 0.2) is 18.2 Å². The number of ether oxygens (including phenoxy) is 2. The van der Waals surface area contributed by atoms with Crippen LogP contribution in [0, 0.1) is 5.41 Å². The van der Waals surface area contributed by atoms with Crippen LogP contribution in [0.2, 0.25) is 0 Å². The van der Waals surface area contributed by atoms with Gasteiger partial charge in [0, 0.05) is 18.0 Å². The van der Waals surface area contributed by atoms with Crippen molar-refractivity contribution in [1.82, 2.24) is 0 Å². The Balaban J connectivity index is 2.27. The van der Waals surface area contributed by atoms with Gasteiger partial charge in [-0.2, -0.15) is 0 Å². The molecule has 22 heavy (non-hydrogen) atoms. The third-order valence-corrected chi connectivity index (χ3v) is 4.14. The first-order valence-electron chi connectivity index (χ1n) is 7.50. The number of hydrogen-bond acceptors (Lipinski definition) is 4. The lowest BCUT2D eigenvalue weighted by atomic mass is 10.0. The van der Waals surface area contributed by atoms with Crippen molar-refractivity contribution in [3.05, 3.63) is 23.8 Å². The Hall–Kier alpha value is -1.75. The van der Waals surface area contributed by atoms with Crippen molar-refractivity contribution >= 4 is 11.8 Å². The zero-order valence-electron chi connectivity index (χ0n) is 14.2. The molecule has 1 amide bonds. The van der Waals surface area contributed by atoms with E-state index in [9.17, 15) is 4.79 Å². The van der Waals surface area contributed by atoms with Gasteiger partial charge in [-0.15, -0.1) is 0 Å². The van der Waals surface area contributed by atoms with Crippen molar-refractivity contribution in [2.24, 2.45) is 11.1 Å². The second-order valence-corrected chi connectivity index (χ2v) is 7.40. The van der Waals surface area contributed by atoms with Crippen molar-refractivity contribution in [1.29, 1.82) is 0 Å². The third-order valence-electron chi connectivity index (χ3n) is 4.14. The van der Waals surface area contributed by atoms with Crippen LogP contribution in [0.4, 0.5) is 10.5 Å². The second-order valence-electron chi connectivity index (χ2n) is 7.40. The third kappa shape index (κ3) is 3.35. The van der Waals surface area contributed by atoms with Gasteiger partial charge in [0.25, 0.3) is 0 Å². The molecule has 0 unspecified atom stereocenters. The molecule has 0 radical (unpaired) electrons. The van der Waals surface area contributed by atoms with Gasteiger partial charge in [-0.1, -0.05) is 19.9 Å². The average molecular weight is 306 g/mol. The number of nitrogens with two attached hydrogens (primary N) is 1. The molecule has 3 N–H and O–H groups in total. The number of benzene rings is 1. The first kappa shape index (κ1) is 16.6. The van der Waals surface area contributed by atoms with Gasteiger partial charge in [-0.25, -0.2) is 4.79 Å². The molecule has 1 fully saturated rings. The molecule has 5 heteroatoms. The highest BCUT2D eigenvalue weighted by Crippen LogP contribution is 2.59. The number of carbonyl (C=O) groups is 1. The molecule has 1 aromatic carbocycles.